The molecule has 0 fully saturated rings. The van der Waals surface area contributed by atoms with Crippen molar-refractivity contribution in [2.24, 2.45) is 0 Å². The molecule has 4 heteroatoms. The minimum Gasteiger partial charge on any atom is -0.465 e. The number of nitrogens with one attached hydrogen (secondary N) is 1. The molecule has 21 heavy (non-hydrogen) atoms. The maximum Gasteiger partial charge on any atom is 0.405 e. The number of aryl methyl sites for hydroxylation is 1. The molecule has 1 atom stereocenters. The number of hydrogen-bond donors (Lipinski definition) is 2. The first-order chi connectivity index (χ1) is 10.1. The summed E-state index contributed by atoms with van der Waals surface area (Å²) in [6.45, 7) is 0. The number of fused-ring (bicyclic) bond motifs is 1. The van der Waals surface area contributed by atoms with Gasteiger partial charge in [-0.2, -0.15) is 0 Å². The summed E-state index contributed by atoms with van der Waals surface area (Å²) in [4.78, 5) is 10.9. The number of amides is 1. The van der Waals surface area contributed by atoms with Gasteiger partial charge in [-0.15, -0.1) is 0 Å². The Hall–Kier alpha value is -2.00. The molecule has 0 bridgehead atoms. The Morgan fingerprint density at radius 2 is 2.05 bits per heavy atom. The van der Waals surface area contributed by atoms with Crippen LogP contribution in [0.4, 0.5) is 4.79 Å². The predicted molar refractivity (Wildman–Crippen MR) is 83.7 cm³/mol. The van der Waals surface area contributed by atoms with Crippen LogP contribution in [0.15, 0.2) is 42.5 Å². The summed E-state index contributed by atoms with van der Waals surface area (Å²) < 4.78 is 0. The molecule has 1 aliphatic carbocycles. The smallest absolute Gasteiger partial charge is 0.405 e. The lowest BCUT2D eigenvalue weighted by Gasteiger charge is -2.26. The average Bonchev–Trinajstić information content (AvgIpc) is 2.47. The van der Waals surface area contributed by atoms with Gasteiger partial charge in [-0.1, -0.05) is 48.0 Å². The highest BCUT2D eigenvalue weighted by molar-refractivity contribution is 6.33. The lowest BCUT2D eigenvalue weighted by atomic mass is 9.86. The summed E-state index contributed by atoms with van der Waals surface area (Å²) in [7, 11) is 0. The van der Waals surface area contributed by atoms with E-state index in [-0.39, 0.29) is 6.04 Å². The molecular formula is C17H16ClNO2. The van der Waals surface area contributed by atoms with Crippen molar-refractivity contribution in [2.45, 2.75) is 25.3 Å². The first-order valence-electron chi connectivity index (χ1n) is 7.02. The van der Waals surface area contributed by atoms with Gasteiger partial charge in [0.1, 0.15) is 0 Å². The van der Waals surface area contributed by atoms with Crippen molar-refractivity contribution >= 4 is 17.7 Å². The van der Waals surface area contributed by atoms with E-state index < -0.39 is 6.09 Å². The van der Waals surface area contributed by atoms with Gasteiger partial charge in [-0.25, -0.2) is 4.79 Å². The number of rotatable bonds is 2. The molecule has 3 rings (SSSR count). The second-order valence-corrected chi connectivity index (χ2v) is 5.69. The van der Waals surface area contributed by atoms with Crippen LogP contribution >= 0.6 is 11.6 Å². The third kappa shape index (κ3) is 2.88. The van der Waals surface area contributed by atoms with Crippen molar-refractivity contribution in [1.82, 2.24) is 5.32 Å². The summed E-state index contributed by atoms with van der Waals surface area (Å²) in [6.07, 6.45) is 1.85. The van der Waals surface area contributed by atoms with E-state index in [1.165, 1.54) is 5.56 Å². The minimum absolute atomic E-state index is 0.105. The fourth-order valence-electron chi connectivity index (χ4n) is 2.98. The Kier molecular flexibility index (Phi) is 3.84. The van der Waals surface area contributed by atoms with Crippen LogP contribution in [0, 0.1) is 0 Å². The number of carboxylic acid groups (broad SMARTS) is 1. The molecule has 0 heterocycles. The summed E-state index contributed by atoms with van der Waals surface area (Å²) in [5.74, 6) is 0. The van der Waals surface area contributed by atoms with E-state index in [1.807, 2.05) is 36.4 Å². The molecule has 1 aliphatic rings. The Bertz CT molecular complexity index is 684. The van der Waals surface area contributed by atoms with E-state index in [4.69, 9.17) is 16.7 Å². The number of carbonyl (C=O) groups is 1. The SMILES string of the molecule is O=C(O)NC1CCCc2cc(-c3ccccc3Cl)ccc21. The van der Waals surface area contributed by atoms with Crippen molar-refractivity contribution in [3.8, 4) is 11.1 Å². The maximum atomic E-state index is 10.9. The molecule has 0 aromatic heterocycles. The van der Waals surface area contributed by atoms with Gasteiger partial charge in [0.15, 0.2) is 0 Å². The lowest BCUT2D eigenvalue weighted by Crippen LogP contribution is -2.29. The standard InChI is InChI=1S/C17H16ClNO2/c18-15-6-2-1-5-13(15)12-8-9-14-11(10-12)4-3-7-16(14)19-17(20)21/h1-2,5-6,8-10,16,19H,3-4,7H2,(H,20,21). The van der Waals surface area contributed by atoms with Gasteiger partial charge in [0.2, 0.25) is 0 Å². The van der Waals surface area contributed by atoms with Gasteiger partial charge in [0, 0.05) is 10.6 Å². The number of halogens is 1. The fourth-order valence-corrected chi connectivity index (χ4v) is 3.22. The van der Waals surface area contributed by atoms with Crippen molar-refractivity contribution in [3.63, 3.8) is 0 Å². The van der Waals surface area contributed by atoms with Gasteiger partial charge >= 0.3 is 6.09 Å². The Morgan fingerprint density at radius 3 is 2.81 bits per heavy atom. The quantitative estimate of drug-likeness (QED) is 0.848. The normalized spacial score (nSPS) is 17.1. The van der Waals surface area contributed by atoms with E-state index in [1.54, 1.807) is 0 Å². The van der Waals surface area contributed by atoms with Gasteiger partial charge in [-0.05, 0) is 42.0 Å². The van der Waals surface area contributed by atoms with Crippen LogP contribution < -0.4 is 5.32 Å². The first kappa shape index (κ1) is 14.0. The molecule has 0 spiro atoms. The lowest BCUT2D eigenvalue weighted by molar-refractivity contribution is 0.188. The highest BCUT2D eigenvalue weighted by Crippen LogP contribution is 2.34. The zero-order valence-electron chi connectivity index (χ0n) is 11.5. The van der Waals surface area contributed by atoms with Crippen molar-refractivity contribution in [1.29, 1.82) is 0 Å². The summed E-state index contributed by atoms with van der Waals surface area (Å²) >= 11 is 6.25. The largest absolute Gasteiger partial charge is 0.465 e. The second kappa shape index (κ2) is 5.78. The van der Waals surface area contributed by atoms with Crippen LogP contribution in [-0.2, 0) is 6.42 Å². The van der Waals surface area contributed by atoms with Crippen LogP contribution in [0.5, 0.6) is 0 Å². The molecule has 0 radical (unpaired) electrons. The van der Waals surface area contributed by atoms with E-state index in [0.29, 0.717) is 0 Å². The van der Waals surface area contributed by atoms with Gasteiger partial charge in [0.25, 0.3) is 0 Å². The zero-order valence-corrected chi connectivity index (χ0v) is 12.2. The molecular weight excluding hydrogens is 286 g/mol. The predicted octanol–water partition coefficient (Wildman–Crippen LogP) is 4.65. The van der Waals surface area contributed by atoms with E-state index in [0.717, 1.165) is 41.0 Å². The van der Waals surface area contributed by atoms with Gasteiger partial charge in [-0.3, -0.25) is 0 Å². The van der Waals surface area contributed by atoms with E-state index in [9.17, 15) is 4.79 Å². The van der Waals surface area contributed by atoms with Crippen molar-refractivity contribution in [3.05, 3.63) is 58.6 Å². The number of benzene rings is 2. The molecule has 108 valence electrons. The molecule has 0 aliphatic heterocycles. The highest BCUT2D eigenvalue weighted by Gasteiger charge is 2.22. The fraction of sp³-hybridized carbons (Fsp3) is 0.235. The molecule has 0 saturated carbocycles. The van der Waals surface area contributed by atoms with E-state index >= 15 is 0 Å². The third-order valence-electron chi connectivity index (χ3n) is 3.94. The molecule has 0 saturated heterocycles. The third-order valence-corrected chi connectivity index (χ3v) is 4.27. The van der Waals surface area contributed by atoms with Crippen molar-refractivity contribution < 1.29 is 9.90 Å². The Morgan fingerprint density at radius 1 is 1.24 bits per heavy atom. The zero-order chi connectivity index (χ0) is 14.8. The van der Waals surface area contributed by atoms with Gasteiger partial charge in [0.05, 0.1) is 6.04 Å². The molecule has 3 nitrogen and oxygen atoms in total. The van der Waals surface area contributed by atoms with Crippen LogP contribution in [-0.4, -0.2) is 11.2 Å². The average molecular weight is 302 g/mol. The van der Waals surface area contributed by atoms with Crippen LogP contribution in [0.25, 0.3) is 11.1 Å². The summed E-state index contributed by atoms with van der Waals surface area (Å²) in [6, 6.07) is 13.8. The van der Waals surface area contributed by atoms with Crippen LogP contribution in [0.3, 0.4) is 0 Å². The Labute approximate surface area is 128 Å². The molecule has 1 unspecified atom stereocenters. The van der Waals surface area contributed by atoms with E-state index in [2.05, 4.69) is 11.4 Å². The number of hydrogen-bond acceptors (Lipinski definition) is 1. The monoisotopic (exact) mass is 301 g/mol. The molecule has 2 aromatic carbocycles. The molecule has 2 N–H and O–H groups in total. The first-order valence-corrected chi connectivity index (χ1v) is 7.40. The summed E-state index contributed by atoms with van der Waals surface area (Å²) in [5, 5.41) is 12.3. The molecule has 2 aromatic rings. The van der Waals surface area contributed by atoms with Crippen LogP contribution in [0.2, 0.25) is 5.02 Å². The Balaban J connectivity index is 1.98. The topological polar surface area (TPSA) is 49.3 Å². The highest BCUT2D eigenvalue weighted by atomic mass is 35.5. The maximum absolute atomic E-state index is 10.9. The summed E-state index contributed by atoms with van der Waals surface area (Å²) in [5.41, 5.74) is 4.38. The minimum atomic E-state index is -0.969. The molecule has 1 amide bonds. The van der Waals surface area contributed by atoms with Gasteiger partial charge < -0.3 is 10.4 Å². The second-order valence-electron chi connectivity index (χ2n) is 5.29. The van der Waals surface area contributed by atoms with Crippen molar-refractivity contribution in [2.75, 3.05) is 0 Å². The van der Waals surface area contributed by atoms with Crippen LogP contribution in [0.1, 0.15) is 30.0 Å².